The summed E-state index contributed by atoms with van der Waals surface area (Å²) >= 11 is 0. The van der Waals surface area contributed by atoms with Crippen LogP contribution in [0.25, 0.3) is 0 Å². The second kappa shape index (κ2) is 8.53. The zero-order valence-corrected chi connectivity index (χ0v) is 18.2. The number of nitrogens with zero attached hydrogens (tertiary/aromatic N) is 1. The van der Waals surface area contributed by atoms with Crippen LogP contribution in [0.5, 0.6) is 11.5 Å². The van der Waals surface area contributed by atoms with E-state index in [4.69, 9.17) is 9.47 Å². The van der Waals surface area contributed by atoms with Crippen molar-refractivity contribution in [1.29, 1.82) is 0 Å². The van der Waals surface area contributed by atoms with Gasteiger partial charge in [0.2, 0.25) is 0 Å². The zero-order valence-electron chi connectivity index (χ0n) is 18.2. The van der Waals surface area contributed by atoms with Crippen LogP contribution >= 0.6 is 0 Å². The van der Waals surface area contributed by atoms with Crippen LogP contribution in [0.1, 0.15) is 64.6 Å². The number of benzene rings is 2. The van der Waals surface area contributed by atoms with Gasteiger partial charge in [0.15, 0.2) is 11.5 Å². The summed E-state index contributed by atoms with van der Waals surface area (Å²) in [7, 11) is 0. The van der Waals surface area contributed by atoms with Crippen molar-refractivity contribution in [1.82, 2.24) is 10.4 Å². The van der Waals surface area contributed by atoms with E-state index < -0.39 is 23.8 Å². The minimum atomic E-state index is -2.70. The van der Waals surface area contributed by atoms with Crippen LogP contribution in [0, 0.1) is 13.8 Å². The van der Waals surface area contributed by atoms with E-state index in [1.807, 2.05) is 0 Å². The van der Waals surface area contributed by atoms with Gasteiger partial charge in [0, 0.05) is 22.3 Å². The highest BCUT2D eigenvalue weighted by Crippen LogP contribution is 2.35. The van der Waals surface area contributed by atoms with Crippen molar-refractivity contribution in [2.45, 2.75) is 46.6 Å². The van der Waals surface area contributed by atoms with Gasteiger partial charge < -0.3 is 9.47 Å². The van der Waals surface area contributed by atoms with Crippen LogP contribution in [0.2, 0.25) is 0 Å². The van der Waals surface area contributed by atoms with E-state index in [-0.39, 0.29) is 16.7 Å². The van der Waals surface area contributed by atoms with Crippen molar-refractivity contribution >= 4 is 11.8 Å². The first-order valence-electron chi connectivity index (χ1n) is 9.94. The van der Waals surface area contributed by atoms with Crippen molar-refractivity contribution in [3.8, 4) is 11.5 Å². The molecule has 0 radical (unpaired) electrons. The highest BCUT2D eigenvalue weighted by Gasteiger charge is 2.32. The summed E-state index contributed by atoms with van der Waals surface area (Å²) in [5, 5.41) is 1.17. The lowest BCUT2D eigenvalue weighted by molar-refractivity contribution is 0.0357. The maximum absolute atomic E-state index is 13.3. The van der Waals surface area contributed by atoms with Crippen LogP contribution in [-0.2, 0) is 0 Å². The smallest absolute Gasteiger partial charge is 0.273 e. The van der Waals surface area contributed by atoms with E-state index in [9.17, 15) is 18.4 Å². The van der Waals surface area contributed by atoms with Gasteiger partial charge in [-0.2, -0.15) is 0 Å². The Morgan fingerprint density at radius 2 is 1.68 bits per heavy atom. The number of carbonyl (C=O) groups excluding carboxylic acids is 2. The molecule has 0 spiro atoms. The van der Waals surface area contributed by atoms with Gasteiger partial charge in [-0.05, 0) is 58.4 Å². The van der Waals surface area contributed by atoms with Crippen molar-refractivity contribution in [3.05, 3.63) is 58.1 Å². The van der Waals surface area contributed by atoms with Gasteiger partial charge in [-0.15, -0.1) is 0 Å². The zero-order chi connectivity index (χ0) is 22.9. The lowest BCUT2D eigenvalue weighted by atomic mass is 9.99. The Labute approximate surface area is 180 Å². The summed E-state index contributed by atoms with van der Waals surface area (Å²) in [5.41, 5.74) is 2.82. The molecular formula is C23H26F2N2O4. The third-order valence-corrected chi connectivity index (χ3v) is 5.13. The summed E-state index contributed by atoms with van der Waals surface area (Å²) in [5.74, 6) is -0.0343. The van der Waals surface area contributed by atoms with E-state index >= 15 is 0 Å². The number of amides is 2. The average molecular weight is 432 g/mol. The number of hydrazine groups is 1. The third kappa shape index (κ3) is 4.47. The number of hydrogen-bond acceptors (Lipinski definition) is 4. The molecule has 1 aliphatic rings. The van der Waals surface area contributed by atoms with Crippen LogP contribution in [0.15, 0.2) is 30.3 Å². The van der Waals surface area contributed by atoms with E-state index in [0.717, 1.165) is 0 Å². The molecule has 0 unspecified atom stereocenters. The summed E-state index contributed by atoms with van der Waals surface area (Å²) in [4.78, 5) is 26.4. The quantitative estimate of drug-likeness (QED) is 0.720. The Balaban J connectivity index is 1.94. The molecule has 0 atom stereocenters. The molecule has 0 aliphatic carbocycles. The number of carbonyl (C=O) groups is 2. The number of ether oxygens (including phenoxy) is 2. The fraction of sp³-hybridized carbons (Fsp3) is 0.391. The number of nitrogens with one attached hydrogen (secondary N) is 1. The third-order valence-electron chi connectivity index (χ3n) is 5.13. The Morgan fingerprint density at radius 3 is 2.32 bits per heavy atom. The molecule has 1 heterocycles. The van der Waals surface area contributed by atoms with Gasteiger partial charge in [-0.1, -0.05) is 12.1 Å². The number of alkyl halides is 2. The molecule has 2 amide bonds. The van der Waals surface area contributed by atoms with E-state index in [0.29, 0.717) is 35.8 Å². The summed E-state index contributed by atoms with van der Waals surface area (Å²) in [6.07, 6.45) is -2.70. The van der Waals surface area contributed by atoms with E-state index in [2.05, 4.69) is 5.43 Å². The fourth-order valence-electron chi connectivity index (χ4n) is 3.43. The monoisotopic (exact) mass is 432 g/mol. The first-order valence-corrected chi connectivity index (χ1v) is 9.94. The van der Waals surface area contributed by atoms with E-state index in [1.165, 1.54) is 30.1 Å². The highest BCUT2D eigenvalue weighted by molar-refractivity contribution is 6.01. The van der Waals surface area contributed by atoms with Crippen LogP contribution in [0.3, 0.4) is 0 Å². The average Bonchev–Trinajstić information content (AvgIpc) is 2.71. The van der Waals surface area contributed by atoms with Gasteiger partial charge in [-0.3, -0.25) is 15.0 Å². The summed E-state index contributed by atoms with van der Waals surface area (Å²) in [6.45, 7) is 9.26. The van der Waals surface area contributed by atoms with Gasteiger partial charge in [0.25, 0.3) is 18.2 Å². The Morgan fingerprint density at radius 1 is 1.00 bits per heavy atom. The summed E-state index contributed by atoms with van der Waals surface area (Å²) < 4.78 is 37.8. The summed E-state index contributed by atoms with van der Waals surface area (Å²) in [6, 6.07) is 7.43. The topological polar surface area (TPSA) is 67.9 Å². The number of halogens is 2. The highest BCUT2D eigenvalue weighted by atomic mass is 19.3. The molecule has 0 fully saturated rings. The first kappa shape index (κ1) is 22.5. The molecule has 1 N–H and O–H groups in total. The second-order valence-electron chi connectivity index (χ2n) is 8.34. The molecule has 31 heavy (non-hydrogen) atoms. The van der Waals surface area contributed by atoms with Gasteiger partial charge in [0.1, 0.15) is 13.2 Å². The van der Waals surface area contributed by atoms with Crippen molar-refractivity contribution in [2.24, 2.45) is 0 Å². The molecule has 0 saturated heterocycles. The van der Waals surface area contributed by atoms with Crippen molar-refractivity contribution < 1.29 is 27.8 Å². The first-order chi connectivity index (χ1) is 14.5. The van der Waals surface area contributed by atoms with Crippen LogP contribution in [0.4, 0.5) is 8.78 Å². The minimum Gasteiger partial charge on any atom is -0.486 e. The largest absolute Gasteiger partial charge is 0.486 e. The van der Waals surface area contributed by atoms with Crippen LogP contribution < -0.4 is 14.9 Å². The Kier molecular flexibility index (Phi) is 6.20. The van der Waals surface area contributed by atoms with Crippen molar-refractivity contribution in [3.63, 3.8) is 0 Å². The lowest BCUT2D eigenvalue weighted by Crippen LogP contribution is -2.56. The van der Waals surface area contributed by atoms with Crippen LogP contribution in [-0.4, -0.2) is 35.6 Å². The number of fused-ring (bicyclic) bond motifs is 1. The second-order valence-corrected chi connectivity index (χ2v) is 8.34. The van der Waals surface area contributed by atoms with Gasteiger partial charge in [-0.25, -0.2) is 13.8 Å². The molecular weight excluding hydrogens is 406 g/mol. The predicted molar refractivity (Wildman–Crippen MR) is 112 cm³/mol. The lowest BCUT2D eigenvalue weighted by Gasteiger charge is -2.36. The number of rotatable bonds is 3. The standard InChI is InChI=1S/C23H26F2N2O4/c1-13-15(20(24)25)7-6-8-17(13)22(29)27(23(3,4)5)26-21(28)16-9-10-18-19(14(16)2)31-12-11-30-18/h6-10,20H,11-12H2,1-5H3,(H,26,28). The molecule has 8 heteroatoms. The number of hydrogen-bond donors (Lipinski definition) is 1. The Hall–Kier alpha value is -3.16. The molecule has 0 aromatic heterocycles. The molecule has 2 aromatic carbocycles. The SMILES string of the molecule is Cc1c(C(=O)N(NC(=O)c2ccc3c(c2C)OCCO3)C(C)(C)C)cccc1C(F)F. The fourth-order valence-corrected chi connectivity index (χ4v) is 3.43. The molecule has 3 rings (SSSR count). The van der Waals surface area contributed by atoms with E-state index in [1.54, 1.807) is 39.8 Å². The molecule has 0 saturated carbocycles. The minimum absolute atomic E-state index is 0.104. The maximum Gasteiger partial charge on any atom is 0.273 e. The normalized spacial score (nSPS) is 13.2. The maximum atomic E-state index is 13.3. The Bertz CT molecular complexity index is 1020. The van der Waals surface area contributed by atoms with Gasteiger partial charge >= 0.3 is 0 Å². The molecule has 0 bridgehead atoms. The van der Waals surface area contributed by atoms with Gasteiger partial charge in [0.05, 0.1) is 5.54 Å². The molecule has 2 aromatic rings. The molecule has 166 valence electrons. The van der Waals surface area contributed by atoms with Crippen molar-refractivity contribution in [2.75, 3.05) is 13.2 Å². The molecule has 6 nitrogen and oxygen atoms in total. The predicted octanol–water partition coefficient (Wildman–Crippen LogP) is 4.60. The molecule has 1 aliphatic heterocycles.